The van der Waals surface area contributed by atoms with Crippen molar-refractivity contribution in [2.24, 2.45) is 11.8 Å². The average Bonchev–Trinajstić information content (AvgIpc) is 2.47. The first-order valence-electron chi connectivity index (χ1n) is 8.23. The van der Waals surface area contributed by atoms with E-state index in [2.05, 4.69) is 29.2 Å². The number of ether oxygens (including phenoxy) is 1. The molecule has 1 aromatic carbocycles. The number of benzene rings is 1. The minimum atomic E-state index is 0.286. The van der Waals surface area contributed by atoms with Crippen LogP contribution in [0.2, 0.25) is 0 Å². The Kier molecular flexibility index (Phi) is 4.91. The highest BCUT2D eigenvalue weighted by molar-refractivity contribution is 5.79. The Labute approximate surface area is 127 Å². The summed E-state index contributed by atoms with van der Waals surface area (Å²) in [6.07, 6.45) is 5.55. The molecule has 2 aliphatic rings. The predicted molar refractivity (Wildman–Crippen MR) is 82.7 cm³/mol. The van der Waals surface area contributed by atoms with E-state index in [9.17, 15) is 4.79 Å². The first-order valence-corrected chi connectivity index (χ1v) is 8.23. The average molecular weight is 287 g/mol. The number of amides is 1. The zero-order valence-corrected chi connectivity index (χ0v) is 12.7. The van der Waals surface area contributed by atoms with Crippen LogP contribution in [0.1, 0.15) is 37.7 Å². The second-order valence-electron chi connectivity index (χ2n) is 6.39. The lowest BCUT2D eigenvalue weighted by Gasteiger charge is -2.35. The molecule has 0 bridgehead atoms. The molecule has 0 aromatic heterocycles. The van der Waals surface area contributed by atoms with E-state index in [1.54, 1.807) is 0 Å². The molecule has 1 aliphatic heterocycles. The van der Waals surface area contributed by atoms with E-state index in [0.717, 1.165) is 52.0 Å². The van der Waals surface area contributed by atoms with Crippen molar-refractivity contribution in [1.29, 1.82) is 0 Å². The third-order valence-corrected chi connectivity index (χ3v) is 4.80. The van der Waals surface area contributed by atoms with Crippen molar-refractivity contribution in [2.75, 3.05) is 19.8 Å². The second-order valence-corrected chi connectivity index (χ2v) is 6.39. The Morgan fingerprint density at radius 1 is 1.10 bits per heavy atom. The van der Waals surface area contributed by atoms with Crippen LogP contribution < -0.4 is 0 Å². The molecule has 1 aliphatic carbocycles. The number of carbonyl (C=O) groups excluding carboxylic acids is 1. The van der Waals surface area contributed by atoms with Crippen LogP contribution in [0, 0.1) is 11.8 Å². The van der Waals surface area contributed by atoms with Gasteiger partial charge < -0.3 is 9.64 Å². The van der Waals surface area contributed by atoms with E-state index in [-0.39, 0.29) is 5.92 Å². The molecule has 0 spiro atoms. The van der Waals surface area contributed by atoms with Crippen molar-refractivity contribution >= 4 is 5.91 Å². The van der Waals surface area contributed by atoms with Crippen LogP contribution in [0.3, 0.4) is 0 Å². The second kappa shape index (κ2) is 7.08. The predicted octanol–water partition coefficient (Wildman–Crippen LogP) is 3.24. The summed E-state index contributed by atoms with van der Waals surface area (Å²) >= 11 is 0. The molecule has 1 saturated carbocycles. The Morgan fingerprint density at radius 2 is 1.81 bits per heavy atom. The molecule has 1 heterocycles. The van der Waals surface area contributed by atoms with Crippen molar-refractivity contribution in [2.45, 2.75) is 38.6 Å². The highest BCUT2D eigenvalue weighted by Crippen LogP contribution is 2.29. The largest absolute Gasteiger partial charge is 0.381 e. The third-order valence-electron chi connectivity index (χ3n) is 4.80. The molecule has 3 nitrogen and oxygen atoms in total. The van der Waals surface area contributed by atoms with Gasteiger partial charge in [0.1, 0.15) is 0 Å². The first kappa shape index (κ1) is 14.6. The fourth-order valence-corrected chi connectivity index (χ4v) is 3.19. The van der Waals surface area contributed by atoms with E-state index >= 15 is 0 Å². The highest BCUT2D eigenvalue weighted by Gasteiger charge is 2.31. The minimum Gasteiger partial charge on any atom is -0.381 e. The van der Waals surface area contributed by atoms with Crippen LogP contribution in [-0.4, -0.2) is 30.6 Å². The van der Waals surface area contributed by atoms with Gasteiger partial charge in [0.15, 0.2) is 0 Å². The maximum absolute atomic E-state index is 12.7. The van der Waals surface area contributed by atoms with Gasteiger partial charge in [-0.25, -0.2) is 0 Å². The highest BCUT2D eigenvalue weighted by atomic mass is 16.5. The molecule has 0 N–H and O–H groups in total. The lowest BCUT2D eigenvalue weighted by atomic mass is 9.84. The molecule has 3 rings (SSSR count). The monoisotopic (exact) mass is 287 g/mol. The summed E-state index contributed by atoms with van der Waals surface area (Å²) in [5.41, 5.74) is 1.23. The van der Waals surface area contributed by atoms with Crippen LogP contribution in [0.5, 0.6) is 0 Å². The van der Waals surface area contributed by atoms with E-state index < -0.39 is 0 Å². The van der Waals surface area contributed by atoms with Crippen molar-refractivity contribution in [1.82, 2.24) is 4.90 Å². The van der Waals surface area contributed by atoms with Crippen LogP contribution >= 0.6 is 0 Å². The quantitative estimate of drug-likeness (QED) is 0.832. The smallest absolute Gasteiger partial charge is 0.225 e. The standard InChI is InChI=1S/C18H25NO2/c20-18(17-7-4-8-17)19(13-15-5-2-1-3-6-15)14-16-9-11-21-12-10-16/h1-3,5-6,16-17H,4,7-14H2. The summed E-state index contributed by atoms with van der Waals surface area (Å²) in [7, 11) is 0. The lowest BCUT2D eigenvalue weighted by Crippen LogP contribution is -2.42. The molecule has 21 heavy (non-hydrogen) atoms. The summed E-state index contributed by atoms with van der Waals surface area (Å²) in [6, 6.07) is 10.4. The molecule has 0 unspecified atom stereocenters. The number of hydrogen-bond donors (Lipinski definition) is 0. The molecule has 1 aromatic rings. The van der Waals surface area contributed by atoms with Crippen LogP contribution in [0.15, 0.2) is 30.3 Å². The minimum absolute atomic E-state index is 0.286. The topological polar surface area (TPSA) is 29.5 Å². The lowest BCUT2D eigenvalue weighted by molar-refractivity contribution is -0.140. The number of carbonyl (C=O) groups is 1. The summed E-state index contributed by atoms with van der Waals surface area (Å²) in [6.45, 7) is 3.35. The van der Waals surface area contributed by atoms with Gasteiger partial charge in [-0.1, -0.05) is 36.8 Å². The third kappa shape index (κ3) is 3.85. The summed E-state index contributed by atoms with van der Waals surface area (Å²) in [5.74, 6) is 1.26. The number of hydrogen-bond acceptors (Lipinski definition) is 2. The van der Waals surface area contributed by atoms with Gasteiger partial charge >= 0.3 is 0 Å². The normalized spacial score (nSPS) is 20.0. The van der Waals surface area contributed by atoms with Gasteiger partial charge in [-0.3, -0.25) is 4.79 Å². The van der Waals surface area contributed by atoms with Crippen LogP contribution in [0.25, 0.3) is 0 Å². The van der Waals surface area contributed by atoms with Crippen molar-refractivity contribution in [3.63, 3.8) is 0 Å². The molecule has 2 fully saturated rings. The van der Waals surface area contributed by atoms with Gasteiger partial charge in [-0.05, 0) is 37.2 Å². The van der Waals surface area contributed by atoms with E-state index in [1.807, 2.05) is 6.07 Å². The zero-order chi connectivity index (χ0) is 14.5. The Bertz CT molecular complexity index is 450. The fourth-order valence-electron chi connectivity index (χ4n) is 3.19. The first-order chi connectivity index (χ1) is 10.3. The van der Waals surface area contributed by atoms with Gasteiger partial charge in [0.05, 0.1) is 0 Å². The van der Waals surface area contributed by atoms with Gasteiger partial charge in [0.2, 0.25) is 5.91 Å². The van der Waals surface area contributed by atoms with Gasteiger partial charge in [0, 0.05) is 32.2 Å². The Hall–Kier alpha value is -1.35. The fraction of sp³-hybridized carbons (Fsp3) is 0.611. The van der Waals surface area contributed by atoms with Crippen LogP contribution in [0.4, 0.5) is 0 Å². The molecule has 0 atom stereocenters. The molecule has 1 saturated heterocycles. The maximum Gasteiger partial charge on any atom is 0.225 e. The zero-order valence-electron chi connectivity index (χ0n) is 12.7. The Morgan fingerprint density at radius 3 is 2.43 bits per heavy atom. The van der Waals surface area contributed by atoms with Crippen molar-refractivity contribution in [3.05, 3.63) is 35.9 Å². The van der Waals surface area contributed by atoms with E-state index in [0.29, 0.717) is 11.8 Å². The van der Waals surface area contributed by atoms with Crippen molar-refractivity contribution in [3.8, 4) is 0 Å². The molecular weight excluding hydrogens is 262 g/mol. The van der Waals surface area contributed by atoms with Crippen LogP contribution in [-0.2, 0) is 16.1 Å². The van der Waals surface area contributed by atoms with Gasteiger partial charge in [-0.2, -0.15) is 0 Å². The summed E-state index contributed by atoms with van der Waals surface area (Å²) in [5, 5.41) is 0. The molecule has 1 amide bonds. The summed E-state index contributed by atoms with van der Waals surface area (Å²) in [4.78, 5) is 14.8. The molecule has 114 valence electrons. The van der Waals surface area contributed by atoms with Crippen molar-refractivity contribution < 1.29 is 9.53 Å². The Balaban J connectivity index is 1.65. The van der Waals surface area contributed by atoms with Gasteiger partial charge in [0.25, 0.3) is 0 Å². The SMILES string of the molecule is O=C(C1CCC1)N(Cc1ccccc1)CC1CCOCC1. The van der Waals surface area contributed by atoms with E-state index in [4.69, 9.17) is 4.74 Å². The van der Waals surface area contributed by atoms with Gasteiger partial charge in [-0.15, -0.1) is 0 Å². The number of rotatable bonds is 5. The molecule has 0 radical (unpaired) electrons. The van der Waals surface area contributed by atoms with E-state index in [1.165, 1.54) is 12.0 Å². The number of nitrogens with zero attached hydrogens (tertiary/aromatic N) is 1. The summed E-state index contributed by atoms with van der Waals surface area (Å²) < 4.78 is 5.44. The molecular formula is C18H25NO2. The maximum atomic E-state index is 12.7. The molecule has 3 heteroatoms.